The highest BCUT2D eigenvalue weighted by atomic mass is 16.2. The molecule has 9 nitrogen and oxygen atoms in total. The van der Waals surface area contributed by atoms with Crippen molar-refractivity contribution in [3.63, 3.8) is 0 Å². The molecule has 106 valence electrons. The quantitative estimate of drug-likeness (QED) is 0.711. The van der Waals surface area contributed by atoms with E-state index in [9.17, 15) is 4.79 Å². The summed E-state index contributed by atoms with van der Waals surface area (Å²) in [6.45, 7) is 0. The SMILES string of the molecule is Cn1cc(N)c(C(=O)Nc2cccnc2-n2cncn2)n1. The summed E-state index contributed by atoms with van der Waals surface area (Å²) in [5.41, 5.74) is 6.69. The van der Waals surface area contributed by atoms with E-state index in [0.717, 1.165) is 0 Å². The number of nitrogen functional groups attached to an aromatic ring is 1. The van der Waals surface area contributed by atoms with Gasteiger partial charge in [0.25, 0.3) is 5.91 Å². The lowest BCUT2D eigenvalue weighted by Crippen LogP contribution is -2.16. The maximum atomic E-state index is 12.2. The molecule has 21 heavy (non-hydrogen) atoms. The number of hydrogen-bond acceptors (Lipinski definition) is 6. The van der Waals surface area contributed by atoms with E-state index in [0.29, 0.717) is 17.2 Å². The number of nitrogens with zero attached hydrogens (tertiary/aromatic N) is 6. The van der Waals surface area contributed by atoms with Crippen molar-refractivity contribution in [1.29, 1.82) is 0 Å². The minimum absolute atomic E-state index is 0.158. The fourth-order valence-electron chi connectivity index (χ4n) is 1.86. The Labute approximate surface area is 119 Å². The molecule has 0 bridgehead atoms. The number of aryl methyl sites for hydroxylation is 1. The normalized spacial score (nSPS) is 10.5. The van der Waals surface area contributed by atoms with Crippen LogP contribution >= 0.6 is 0 Å². The second kappa shape index (κ2) is 5.04. The molecule has 0 radical (unpaired) electrons. The van der Waals surface area contributed by atoms with E-state index in [-0.39, 0.29) is 5.69 Å². The summed E-state index contributed by atoms with van der Waals surface area (Å²) in [6, 6.07) is 3.42. The van der Waals surface area contributed by atoms with Gasteiger partial charge in [-0.15, -0.1) is 0 Å². The molecule has 0 saturated carbocycles. The Morgan fingerprint density at radius 3 is 2.95 bits per heavy atom. The third kappa shape index (κ3) is 2.43. The van der Waals surface area contributed by atoms with Gasteiger partial charge in [-0.25, -0.2) is 14.6 Å². The summed E-state index contributed by atoms with van der Waals surface area (Å²) in [5.74, 6) is 0.0420. The van der Waals surface area contributed by atoms with Gasteiger partial charge < -0.3 is 11.1 Å². The van der Waals surface area contributed by atoms with Crippen molar-refractivity contribution in [2.75, 3.05) is 11.1 Å². The first-order valence-corrected chi connectivity index (χ1v) is 6.05. The number of carbonyl (C=O) groups is 1. The van der Waals surface area contributed by atoms with E-state index >= 15 is 0 Å². The Balaban J connectivity index is 1.92. The van der Waals surface area contributed by atoms with Crippen LogP contribution in [0.1, 0.15) is 10.5 Å². The lowest BCUT2D eigenvalue weighted by molar-refractivity contribution is 0.102. The van der Waals surface area contributed by atoms with Crippen molar-refractivity contribution in [2.45, 2.75) is 0 Å². The van der Waals surface area contributed by atoms with Crippen LogP contribution in [-0.4, -0.2) is 35.4 Å². The number of aromatic nitrogens is 6. The molecule has 0 saturated heterocycles. The van der Waals surface area contributed by atoms with E-state index in [1.807, 2.05) is 0 Å². The standard InChI is InChI=1S/C12H12N8O/c1-19-5-8(13)10(18-19)12(21)17-9-3-2-4-15-11(9)20-7-14-6-16-20/h2-7H,13H2,1H3,(H,17,21). The average Bonchev–Trinajstić information content (AvgIpc) is 3.09. The monoisotopic (exact) mass is 284 g/mol. The zero-order valence-corrected chi connectivity index (χ0v) is 11.1. The predicted molar refractivity (Wildman–Crippen MR) is 74.7 cm³/mol. The Morgan fingerprint density at radius 2 is 2.29 bits per heavy atom. The van der Waals surface area contributed by atoms with Crippen molar-refractivity contribution in [3.8, 4) is 5.82 Å². The highest BCUT2D eigenvalue weighted by molar-refractivity contribution is 6.06. The number of nitrogens with one attached hydrogen (secondary N) is 1. The Hall–Kier alpha value is -3.23. The molecule has 3 aromatic heterocycles. The minimum Gasteiger partial charge on any atom is -0.396 e. The molecule has 0 aliphatic carbocycles. The molecule has 0 spiro atoms. The second-order valence-electron chi connectivity index (χ2n) is 4.28. The smallest absolute Gasteiger partial charge is 0.278 e. The van der Waals surface area contributed by atoms with Crippen molar-refractivity contribution < 1.29 is 4.79 Å². The molecule has 0 aliphatic heterocycles. The van der Waals surface area contributed by atoms with Crippen LogP contribution < -0.4 is 11.1 Å². The Kier molecular flexibility index (Phi) is 3.07. The summed E-state index contributed by atoms with van der Waals surface area (Å²) in [6.07, 6.45) is 6.04. The lowest BCUT2D eigenvalue weighted by atomic mass is 10.3. The number of nitrogens with two attached hydrogens (primary N) is 1. The van der Waals surface area contributed by atoms with Gasteiger partial charge >= 0.3 is 0 Å². The average molecular weight is 284 g/mol. The van der Waals surface area contributed by atoms with Gasteiger partial charge in [0.05, 0.1) is 11.4 Å². The molecule has 0 unspecified atom stereocenters. The van der Waals surface area contributed by atoms with Crippen LogP contribution in [0.4, 0.5) is 11.4 Å². The molecule has 3 aromatic rings. The van der Waals surface area contributed by atoms with Crippen LogP contribution in [0.3, 0.4) is 0 Å². The lowest BCUT2D eigenvalue weighted by Gasteiger charge is -2.08. The zero-order valence-electron chi connectivity index (χ0n) is 11.1. The van der Waals surface area contributed by atoms with Gasteiger partial charge in [-0.05, 0) is 12.1 Å². The van der Waals surface area contributed by atoms with Gasteiger partial charge in [-0.2, -0.15) is 10.2 Å². The van der Waals surface area contributed by atoms with Crippen LogP contribution in [-0.2, 0) is 7.05 Å². The molecule has 9 heteroatoms. The van der Waals surface area contributed by atoms with Crippen LogP contribution in [0, 0.1) is 0 Å². The first-order valence-electron chi connectivity index (χ1n) is 6.05. The van der Waals surface area contributed by atoms with Crippen LogP contribution in [0.25, 0.3) is 5.82 Å². The Morgan fingerprint density at radius 1 is 1.43 bits per heavy atom. The molecule has 3 heterocycles. The molecule has 0 aliphatic rings. The van der Waals surface area contributed by atoms with Gasteiger partial charge in [-0.3, -0.25) is 9.48 Å². The van der Waals surface area contributed by atoms with Crippen LogP contribution in [0.15, 0.2) is 37.2 Å². The topological polar surface area (TPSA) is 117 Å². The van der Waals surface area contributed by atoms with Gasteiger partial charge in [-0.1, -0.05) is 0 Å². The predicted octanol–water partition coefficient (Wildman–Crippen LogP) is 0.230. The maximum Gasteiger partial charge on any atom is 0.278 e. The van der Waals surface area contributed by atoms with Gasteiger partial charge in [0, 0.05) is 19.4 Å². The highest BCUT2D eigenvalue weighted by Gasteiger charge is 2.16. The highest BCUT2D eigenvalue weighted by Crippen LogP contribution is 2.18. The second-order valence-corrected chi connectivity index (χ2v) is 4.28. The van der Waals surface area contributed by atoms with E-state index in [1.165, 1.54) is 22.0 Å². The molecular formula is C12H12N8O. The molecule has 0 atom stereocenters. The van der Waals surface area contributed by atoms with Crippen molar-refractivity contribution >= 4 is 17.3 Å². The largest absolute Gasteiger partial charge is 0.396 e. The third-order valence-electron chi connectivity index (χ3n) is 2.74. The molecule has 0 aromatic carbocycles. The van der Waals surface area contributed by atoms with Gasteiger partial charge in [0.15, 0.2) is 11.5 Å². The van der Waals surface area contributed by atoms with Gasteiger partial charge in [0.2, 0.25) is 0 Å². The molecule has 3 N–H and O–H groups in total. The molecular weight excluding hydrogens is 272 g/mol. The first kappa shape index (κ1) is 12.8. The molecule has 3 rings (SSSR count). The minimum atomic E-state index is -0.414. The van der Waals surface area contributed by atoms with E-state index in [1.54, 1.807) is 31.6 Å². The summed E-state index contributed by atoms with van der Waals surface area (Å²) >= 11 is 0. The van der Waals surface area contributed by atoms with E-state index in [2.05, 4.69) is 25.5 Å². The number of hydrogen-bond donors (Lipinski definition) is 2. The molecule has 1 amide bonds. The van der Waals surface area contributed by atoms with E-state index in [4.69, 9.17) is 5.73 Å². The van der Waals surface area contributed by atoms with Crippen molar-refractivity contribution in [2.24, 2.45) is 7.05 Å². The Bertz CT molecular complexity index is 776. The number of pyridine rings is 1. The third-order valence-corrected chi connectivity index (χ3v) is 2.74. The number of anilines is 2. The van der Waals surface area contributed by atoms with Gasteiger partial charge in [0.1, 0.15) is 12.7 Å². The summed E-state index contributed by atoms with van der Waals surface area (Å²) in [4.78, 5) is 20.3. The number of amides is 1. The number of carbonyl (C=O) groups excluding carboxylic acids is 1. The summed E-state index contributed by atoms with van der Waals surface area (Å²) in [7, 11) is 1.69. The number of rotatable bonds is 3. The van der Waals surface area contributed by atoms with E-state index < -0.39 is 5.91 Å². The van der Waals surface area contributed by atoms with Crippen molar-refractivity contribution in [3.05, 3.63) is 42.9 Å². The van der Waals surface area contributed by atoms with Crippen molar-refractivity contribution in [1.82, 2.24) is 29.5 Å². The molecule has 0 fully saturated rings. The maximum absolute atomic E-state index is 12.2. The van der Waals surface area contributed by atoms with Crippen LogP contribution in [0.5, 0.6) is 0 Å². The summed E-state index contributed by atoms with van der Waals surface area (Å²) < 4.78 is 2.93. The fraction of sp³-hybridized carbons (Fsp3) is 0.0833. The zero-order chi connectivity index (χ0) is 14.8. The fourth-order valence-corrected chi connectivity index (χ4v) is 1.86. The summed E-state index contributed by atoms with van der Waals surface area (Å²) in [5, 5.41) is 10.7. The first-order chi connectivity index (χ1) is 10.1. The van der Waals surface area contributed by atoms with Crippen LogP contribution in [0.2, 0.25) is 0 Å².